The van der Waals surface area contributed by atoms with Crippen molar-refractivity contribution < 1.29 is 4.74 Å². The van der Waals surface area contributed by atoms with Crippen LogP contribution in [0.5, 0.6) is 0 Å². The summed E-state index contributed by atoms with van der Waals surface area (Å²) in [5.41, 5.74) is 0. The third-order valence-electron chi connectivity index (χ3n) is 1.71. The first-order valence-electron chi connectivity index (χ1n) is 5.20. The summed E-state index contributed by atoms with van der Waals surface area (Å²) in [4.78, 5) is 0. The smallest absolute Gasteiger partial charge is 0.0478 e. The van der Waals surface area contributed by atoms with Gasteiger partial charge in [0.2, 0.25) is 0 Å². The molecule has 0 amide bonds. The first kappa shape index (κ1) is 13.7. The van der Waals surface area contributed by atoms with Gasteiger partial charge in [-0.2, -0.15) is 0 Å². The molecule has 0 aromatic rings. The quantitative estimate of drug-likeness (QED) is 0.401. The van der Waals surface area contributed by atoms with Gasteiger partial charge in [0.15, 0.2) is 0 Å². The van der Waals surface area contributed by atoms with Gasteiger partial charge in [0.1, 0.15) is 0 Å². The molecule has 0 bridgehead atoms. The molecule has 0 saturated heterocycles. The van der Waals surface area contributed by atoms with Gasteiger partial charge in [0, 0.05) is 17.1 Å². The molecule has 0 fully saturated rings. The van der Waals surface area contributed by atoms with E-state index in [1.165, 1.54) is 6.42 Å². The SMILES string of the molecule is CCCOCCCNCCC(C)I. The van der Waals surface area contributed by atoms with Crippen LogP contribution < -0.4 is 5.32 Å². The molecule has 3 heteroatoms. The zero-order valence-corrected chi connectivity index (χ0v) is 11.0. The highest BCUT2D eigenvalue weighted by atomic mass is 127. The van der Waals surface area contributed by atoms with E-state index >= 15 is 0 Å². The molecule has 0 aliphatic heterocycles. The first-order valence-corrected chi connectivity index (χ1v) is 6.44. The van der Waals surface area contributed by atoms with E-state index in [1.54, 1.807) is 0 Å². The Morgan fingerprint density at radius 2 is 2.08 bits per heavy atom. The monoisotopic (exact) mass is 299 g/mol. The molecular formula is C10H22INO. The number of ether oxygens (including phenoxy) is 1. The van der Waals surface area contributed by atoms with E-state index in [9.17, 15) is 0 Å². The average molecular weight is 299 g/mol. The zero-order valence-electron chi connectivity index (χ0n) is 8.81. The van der Waals surface area contributed by atoms with Crippen molar-refractivity contribution in [1.29, 1.82) is 0 Å². The molecule has 0 aromatic heterocycles. The maximum absolute atomic E-state index is 5.37. The Morgan fingerprint density at radius 1 is 1.31 bits per heavy atom. The molecule has 0 saturated carbocycles. The highest BCUT2D eigenvalue weighted by molar-refractivity contribution is 14.1. The van der Waals surface area contributed by atoms with Crippen LogP contribution in [-0.4, -0.2) is 30.2 Å². The maximum atomic E-state index is 5.37. The number of alkyl halides is 1. The molecule has 0 spiro atoms. The highest BCUT2D eigenvalue weighted by Gasteiger charge is 1.94. The number of hydrogen-bond acceptors (Lipinski definition) is 2. The molecule has 0 radical (unpaired) electrons. The fourth-order valence-electron chi connectivity index (χ4n) is 0.972. The van der Waals surface area contributed by atoms with Crippen molar-refractivity contribution in [2.24, 2.45) is 0 Å². The van der Waals surface area contributed by atoms with Gasteiger partial charge in [-0.05, 0) is 32.4 Å². The molecule has 2 nitrogen and oxygen atoms in total. The van der Waals surface area contributed by atoms with Crippen LogP contribution in [0.2, 0.25) is 0 Å². The van der Waals surface area contributed by atoms with E-state index in [0.717, 1.165) is 43.1 Å². The molecule has 1 atom stereocenters. The van der Waals surface area contributed by atoms with Crippen LogP contribution in [-0.2, 0) is 4.74 Å². The van der Waals surface area contributed by atoms with Crippen LogP contribution in [0, 0.1) is 0 Å². The highest BCUT2D eigenvalue weighted by Crippen LogP contribution is 2.01. The summed E-state index contributed by atoms with van der Waals surface area (Å²) in [6, 6.07) is 0. The van der Waals surface area contributed by atoms with Crippen molar-refractivity contribution in [1.82, 2.24) is 5.32 Å². The third kappa shape index (κ3) is 12.6. The predicted octanol–water partition coefficient (Wildman–Crippen LogP) is 2.61. The largest absolute Gasteiger partial charge is 0.381 e. The Bertz CT molecular complexity index is 98.9. The van der Waals surface area contributed by atoms with Gasteiger partial charge in [-0.15, -0.1) is 0 Å². The van der Waals surface area contributed by atoms with Crippen LogP contribution in [0.4, 0.5) is 0 Å². The second-order valence-corrected chi connectivity index (χ2v) is 5.41. The first-order chi connectivity index (χ1) is 6.27. The standard InChI is InChI=1S/C10H22INO/c1-3-8-13-9-4-6-12-7-5-10(2)11/h10,12H,3-9H2,1-2H3. The van der Waals surface area contributed by atoms with Crippen LogP contribution in [0.25, 0.3) is 0 Å². The molecule has 13 heavy (non-hydrogen) atoms. The molecule has 80 valence electrons. The summed E-state index contributed by atoms with van der Waals surface area (Å²) in [7, 11) is 0. The second-order valence-electron chi connectivity index (χ2n) is 3.29. The fourth-order valence-corrected chi connectivity index (χ4v) is 1.28. The van der Waals surface area contributed by atoms with E-state index in [1.807, 2.05) is 0 Å². The van der Waals surface area contributed by atoms with Gasteiger partial charge in [0.25, 0.3) is 0 Å². The topological polar surface area (TPSA) is 21.3 Å². The van der Waals surface area contributed by atoms with E-state index in [0.29, 0.717) is 0 Å². The normalized spacial score (nSPS) is 13.2. The zero-order chi connectivity index (χ0) is 9.94. The van der Waals surface area contributed by atoms with Gasteiger partial charge in [-0.25, -0.2) is 0 Å². The second kappa shape index (κ2) is 10.7. The van der Waals surface area contributed by atoms with Crippen molar-refractivity contribution in [3.8, 4) is 0 Å². The summed E-state index contributed by atoms with van der Waals surface area (Å²) in [6.45, 7) is 8.42. The molecule has 1 unspecified atom stereocenters. The minimum Gasteiger partial charge on any atom is -0.381 e. The lowest BCUT2D eigenvalue weighted by Crippen LogP contribution is -2.19. The van der Waals surface area contributed by atoms with Crippen LogP contribution in [0.1, 0.15) is 33.1 Å². The van der Waals surface area contributed by atoms with Crippen molar-refractivity contribution in [2.75, 3.05) is 26.3 Å². The van der Waals surface area contributed by atoms with E-state index in [4.69, 9.17) is 4.74 Å². The number of rotatable bonds is 9. The van der Waals surface area contributed by atoms with Gasteiger partial charge in [0.05, 0.1) is 0 Å². The molecule has 0 aliphatic carbocycles. The summed E-state index contributed by atoms with van der Waals surface area (Å²) in [5, 5.41) is 3.41. The fraction of sp³-hybridized carbons (Fsp3) is 1.00. The van der Waals surface area contributed by atoms with Crippen molar-refractivity contribution >= 4 is 22.6 Å². The Hall–Kier alpha value is 0.650. The summed E-state index contributed by atoms with van der Waals surface area (Å²) < 4.78 is 6.15. The number of halogens is 1. The third-order valence-corrected chi connectivity index (χ3v) is 2.33. The summed E-state index contributed by atoms with van der Waals surface area (Å²) in [5.74, 6) is 0. The van der Waals surface area contributed by atoms with Crippen LogP contribution in [0.3, 0.4) is 0 Å². The Balaban J connectivity index is 2.84. The van der Waals surface area contributed by atoms with E-state index < -0.39 is 0 Å². The van der Waals surface area contributed by atoms with Gasteiger partial charge >= 0.3 is 0 Å². The lowest BCUT2D eigenvalue weighted by molar-refractivity contribution is 0.132. The molecule has 0 aromatic carbocycles. The Kier molecular flexibility index (Phi) is 11.3. The lowest BCUT2D eigenvalue weighted by atomic mass is 10.3. The van der Waals surface area contributed by atoms with Crippen molar-refractivity contribution in [2.45, 2.75) is 37.0 Å². The molecule has 0 aliphatic rings. The number of hydrogen-bond donors (Lipinski definition) is 1. The predicted molar refractivity (Wildman–Crippen MR) is 66.7 cm³/mol. The van der Waals surface area contributed by atoms with Gasteiger partial charge < -0.3 is 10.1 Å². The Morgan fingerprint density at radius 3 is 2.69 bits per heavy atom. The van der Waals surface area contributed by atoms with Gasteiger partial charge in [-0.1, -0.05) is 36.4 Å². The molecule has 0 rings (SSSR count). The van der Waals surface area contributed by atoms with Gasteiger partial charge in [-0.3, -0.25) is 0 Å². The molecule has 0 heterocycles. The summed E-state index contributed by atoms with van der Waals surface area (Å²) in [6.07, 6.45) is 3.52. The van der Waals surface area contributed by atoms with Crippen molar-refractivity contribution in [3.63, 3.8) is 0 Å². The van der Waals surface area contributed by atoms with E-state index in [-0.39, 0.29) is 0 Å². The van der Waals surface area contributed by atoms with Crippen LogP contribution >= 0.6 is 22.6 Å². The molecular weight excluding hydrogens is 277 g/mol. The van der Waals surface area contributed by atoms with Crippen LogP contribution in [0.15, 0.2) is 0 Å². The lowest BCUT2D eigenvalue weighted by Gasteiger charge is -2.06. The minimum absolute atomic E-state index is 0.779. The van der Waals surface area contributed by atoms with Crippen molar-refractivity contribution in [3.05, 3.63) is 0 Å². The Labute approximate surface area is 95.9 Å². The maximum Gasteiger partial charge on any atom is 0.0478 e. The summed E-state index contributed by atoms with van der Waals surface area (Å²) >= 11 is 2.46. The average Bonchev–Trinajstić information content (AvgIpc) is 2.09. The minimum atomic E-state index is 0.779. The number of nitrogens with one attached hydrogen (secondary N) is 1. The van der Waals surface area contributed by atoms with E-state index in [2.05, 4.69) is 41.8 Å². The molecule has 1 N–H and O–H groups in total.